The number of likely N-dealkylation sites (tertiary alicyclic amines) is 1. The minimum absolute atomic E-state index is 0.0101. The third-order valence-electron chi connectivity index (χ3n) is 14.1. The predicted octanol–water partition coefficient (Wildman–Crippen LogP) is 8.61. The molecule has 1 unspecified atom stereocenters. The van der Waals surface area contributed by atoms with E-state index in [0.717, 1.165) is 72.3 Å². The predicted molar refractivity (Wildman–Crippen MR) is 225 cm³/mol. The summed E-state index contributed by atoms with van der Waals surface area (Å²) in [6.45, 7) is 4.60. The van der Waals surface area contributed by atoms with Crippen LogP contribution in [-0.4, -0.2) is 65.0 Å². The highest BCUT2D eigenvalue weighted by Crippen LogP contribution is 2.70. The second-order valence-electron chi connectivity index (χ2n) is 17.7. The van der Waals surface area contributed by atoms with E-state index in [4.69, 9.17) is 23.2 Å². The van der Waals surface area contributed by atoms with Crippen LogP contribution in [0.4, 0.5) is 5.69 Å². The van der Waals surface area contributed by atoms with Gasteiger partial charge in [-0.05, 0) is 103 Å². The van der Waals surface area contributed by atoms with Gasteiger partial charge in [-0.3, -0.25) is 9.69 Å². The SMILES string of the molecule is CC1(C)CCC2(CC1)N([C@H](c1ccccc1)[C@@H](O)c1ccccc1)[C@@H](C(=O)N[C@H]1CC[C@H](c3nnc[nH]3)CC1)[C@H](c1ccnc(Cl)c1)[C@@]21c2ccc(Cl)cc2NC1O. The fourth-order valence-electron chi connectivity index (χ4n) is 11.4. The number of hydrogen-bond acceptors (Lipinski definition) is 8. The molecule has 5 aromatic rings. The highest BCUT2D eigenvalue weighted by Gasteiger charge is 2.76. The lowest BCUT2D eigenvalue weighted by molar-refractivity contribution is -0.134. The molecule has 2 aromatic heterocycles. The summed E-state index contributed by atoms with van der Waals surface area (Å²) in [6.07, 6.45) is 7.43. The molecule has 2 saturated carbocycles. The number of pyridine rings is 1. The number of H-pyrrole nitrogens is 1. The van der Waals surface area contributed by atoms with Crippen molar-refractivity contribution in [2.75, 3.05) is 5.32 Å². The molecule has 58 heavy (non-hydrogen) atoms. The van der Waals surface area contributed by atoms with E-state index >= 15 is 4.79 Å². The number of fused-ring (bicyclic) bond motifs is 3. The number of aromatic nitrogens is 4. The molecule has 1 saturated heterocycles. The van der Waals surface area contributed by atoms with Crippen LogP contribution in [0.3, 0.4) is 0 Å². The number of halogens is 2. The van der Waals surface area contributed by atoms with Crippen LogP contribution in [0.2, 0.25) is 10.2 Å². The molecule has 12 heteroatoms. The molecule has 0 radical (unpaired) electrons. The van der Waals surface area contributed by atoms with Crippen LogP contribution in [0, 0.1) is 5.41 Å². The zero-order chi connectivity index (χ0) is 40.2. The molecule has 10 nitrogen and oxygen atoms in total. The van der Waals surface area contributed by atoms with Crippen molar-refractivity contribution < 1.29 is 15.0 Å². The molecular weight excluding hydrogens is 769 g/mol. The fraction of sp³-hybridized carbons (Fsp3) is 0.435. The Morgan fingerprint density at radius 2 is 1.59 bits per heavy atom. The van der Waals surface area contributed by atoms with E-state index < -0.39 is 41.3 Å². The summed E-state index contributed by atoms with van der Waals surface area (Å²) in [5.41, 5.74) is 2.10. The summed E-state index contributed by atoms with van der Waals surface area (Å²) >= 11 is 13.5. The average Bonchev–Trinajstić information content (AvgIpc) is 3.93. The lowest BCUT2D eigenvalue weighted by Gasteiger charge is -2.57. The van der Waals surface area contributed by atoms with E-state index in [-0.39, 0.29) is 23.3 Å². The first kappa shape index (κ1) is 39.2. The topological polar surface area (TPSA) is 139 Å². The second kappa shape index (κ2) is 15.4. The van der Waals surface area contributed by atoms with E-state index in [1.54, 1.807) is 12.5 Å². The number of anilines is 1. The van der Waals surface area contributed by atoms with E-state index in [1.807, 2.05) is 78.9 Å². The van der Waals surface area contributed by atoms with Gasteiger partial charge in [0.2, 0.25) is 5.91 Å². The van der Waals surface area contributed by atoms with Gasteiger partial charge in [0.1, 0.15) is 23.5 Å². The largest absolute Gasteiger partial charge is 0.386 e. The van der Waals surface area contributed by atoms with Crippen LogP contribution in [0.5, 0.6) is 0 Å². The lowest BCUT2D eigenvalue weighted by Crippen LogP contribution is -2.65. The molecular formula is C46H51Cl2N7O3. The molecule has 9 rings (SSSR count). The molecule has 2 spiro atoms. The van der Waals surface area contributed by atoms with Crippen molar-refractivity contribution in [3.8, 4) is 0 Å². The number of amides is 1. The molecule has 2 aliphatic carbocycles. The van der Waals surface area contributed by atoms with Gasteiger partial charge in [0.25, 0.3) is 0 Å². The van der Waals surface area contributed by atoms with Gasteiger partial charge in [0, 0.05) is 40.3 Å². The highest BCUT2D eigenvalue weighted by atomic mass is 35.5. The van der Waals surface area contributed by atoms with Gasteiger partial charge in [0.15, 0.2) is 0 Å². The van der Waals surface area contributed by atoms with E-state index in [2.05, 4.69) is 61.7 Å². The Morgan fingerprint density at radius 1 is 0.897 bits per heavy atom. The van der Waals surface area contributed by atoms with Crippen molar-refractivity contribution in [3.63, 3.8) is 0 Å². The van der Waals surface area contributed by atoms with Crippen molar-refractivity contribution in [1.82, 2.24) is 30.4 Å². The Hall–Kier alpha value is -4.32. The Labute approximate surface area is 349 Å². The van der Waals surface area contributed by atoms with Crippen molar-refractivity contribution in [1.29, 1.82) is 0 Å². The number of aliphatic hydroxyl groups is 2. The van der Waals surface area contributed by atoms with Crippen molar-refractivity contribution >= 4 is 34.8 Å². The number of nitrogens with zero attached hydrogens (tertiary/aromatic N) is 4. The van der Waals surface area contributed by atoms with E-state index in [9.17, 15) is 10.2 Å². The first-order valence-corrected chi connectivity index (χ1v) is 21.4. The number of carbonyl (C=O) groups excluding carboxylic acids is 1. The Bertz CT molecular complexity index is 2220. The van der Waals surface area contributed by atoms with Gasteiger partial charge >= 0.3 is 0 Å². The third kappa shape index (κ3) is 6.52. The standard InChI is InChI=1S/C46H51Cl2N7O3/c1-44(2)20-22-45(23-21-44)46(34-18-15-32(47)26-35(34)53-43(46)58)37(31-19-24-49-36(48)25-31)39(42(57)52-33-16-13-30(14-17-33)41-50-27-51-54-41)55(45)38(28-9-5-3-6-10-28)40(56)29-11-7-4-8-12-29/h3-12,15,18-19,24-27,30,33,37-40,43,53,56,58H,13-14,16-17,20-23H2,1-2H3,(H,52,57)(H,50,51,54)/t30-,33-,37-,38+,39+,40-,43?,46+/m0/s1. The number of benzene rings is 3. The number of carbonyl (C=O) groups is 1. The molecule has 5 N–H and O–H groups in total. The monoisotopic (exact) mass is 819 g/mol. The maximum absolute atomic E-state index is 15.9. The number of rotatable bonds is 8. The second-order valence-corrected chi connectivity index (χ2v) is 18.5. The summed E-state index contributed by atoms with van der Waals surface area (Å²) in [5, 5.41) is 42.2. The minimum Gasteiger partial charge on any atom is -0.386 e. The van der Waals surface area contributed by atoms with Gasteiger partial charge < -0.3 is 25.8 Å². The minimum atomic E-state index is -1.12. The summed E-state index contributed by atoms with van der Waals surface area (Å²) in [7, 11) is 0. The number of hydrogen-bond donors (Lipinski definition) is 5. The van der Waals surface area contributed by atoms with Crippen LogP contribution in [0.15, 0.2) is 104 Å². The van der Waals surface area contributed by atoms with Crippen LogP contribution < -0.4 is 10.6 Å². The van der Waals surface area contributed by atoms with Crippen molar-refractivity contribution in [2.45, 2.75) is 118 Å². The summed E-state index contributed by atoms with van der Waals surface area (Å²) in [6, 6.07) is 27.8. The van der Waals surface area contributed by atoms with Gasteiger partial charge in [-0.25, -0.2) is 4.98 Å². The quantitative estimate of drug-likeness (QED) is 0.0982. The maximum Gasteiger partial charge on any atom is 0.238 e. The first-order chi connectivity index (χ1) is 28.0. The molecule has 2 aliphatic heterocycles. The molecule has 0 bridgehead atoms. The molecule has 4 aliphatic rings. The van der Waals surface area contributed by atoms with Gasteiger partial charge in [0.05, 0.1) is 23.6 Å². The van der Waals surface area contributed by atoms with Gasteiger partial charge in [-0.1, -0.05) is 104 Å². The molecule has 302 valence electrons. The Kier molecular flexibility index (Phi) is 10.4. The van der Waals surface area contributed by atoms with Crippen molar-refractivity contribution in [3.05, 3.63) is 142 Å². The molecule has 1 amide bonds. The van der Waals surface area contributed by atoms with Crippen molar-refractivity contribution in [2.24, 2.45) is 5.41 Å². The van der Waals surface area contributed by atoms with Gasteiger partial charge in [-0.2, -0.15) is 0 Å². The molecule has 3 aromatic carbocycles. The number of nitrogens with one attached hydrogen (secondary N) is 3. The number of aromatic amines is 1. The average molecular weight is 821 g/mol. The molecule has 4 heterocycles. The normalized spacial score (nSPS) is 28.5. The van der Waals surface area contributed by atoms with Crippen LogP contribution in [0.25, 0.3) is 0 Å². The molecule has 6 atom stereocenters. The Morgan fingerprint density at radius 3 is 2.24 bits per heavy atom. The third-order valence-corrected chi connectivity index (χ3v) is 14.5. The Balaban J connectivity index is 1.29. The van der Waals surface area contributed by atoms with Crippen LogP contribution in [0.1, 0.15) is 117 Å². The lowest BCUT2D eigenvalue weighted by atomic mass is 9.52. The van der Waals surface area contributed by atoms with E-state index in [0.29, 0.717) is 23.0 Å². The highest BCUT2D eigenvalue weighted by molar-refractivity contribution is 6.31. The summed E-state index contributed by atoms with van der Waals surface area (Å²) in [5.74, 6) is 0.346. The van der Waals surface area contributed by atoms with Crippen LogP contribution >= 0.6 is 23.2 Å². The first-order valence-electron chi connectivity index (χ1n) is 20.6. The van der Waals surface area contributed by atoms with Gasteiger partial charge in [-0.15, -0.1) is 10.2 Å². The maximum atomic E-state index is 15.9. The zero-order valence-corrected chi connectivity index (χ0v) is 34.4. The smallest absolute Gasteiger partial charge is 0.238 e. The summed E-state index contributed by atoms with van der Waals surface area (Å²) in [4.78, 5) is 25.9. The fourth-order valence-corrected chi connectivity index (χ4v) is 11.8. The zero-order valence-electron chi connectivity index (χ0n) is 32.9. The van der Waals surface area contributed by atoms with E-state index in [1.165, 1.54) is 0 Å². The number of aliphatic hydroxyl groups excluding tert-OH is 2. The summed E-state index contributed by atoms with van der Waals surface area (Å²) < 4.78 is 0. The van der Waals surface area contributed by atoms with Crippen LogP contribution in [-0.2, 0) is 10.2 Å². The molecule has 3 fully saturated rings.